The minimum absolute atomic E-state index is 0.352. The second kappa shape index (κ2) is 6.23. The third kappa shape index (κ3) is 3.13. The van der Waals surface area contributed by atoms with Crippen LogP contribution in [-0.2, 0) is 0 Å². The van der Waals surface area contributed by atoms with Crippen LogP contribution in [0.3, 0.4) is 0 Å². The van der Waals surface area contributed by atoms with E-state index in [0.717, 1.165) is 21.0 Å². The first-order valence-corrected chi connectivity index (χ1v) is 8.40. The van der Waals surface area contributed by atoms with Crippen molar-refractivity contribution in [3.63, 3.8) is 0 Å². The molecule has 2 amide bonds. The molecule has 4 aromatic rings. The van der Waals surface area contributed by atoms with Crippen molar-refractivity contribution in [1.82, 2.24) is 4.98 Å². The molecule has 0 radical (unpaired) electrons. The number of hydrogen-bond donors (Lipinski definition) is 2. The summed E-state index contributed by atoms with van der Waals surface area (Å²) >= 11 is 1.33. The van der Waals surface area contributed by atoms with E-state index < -0.39 is 0 Å². The Bertz CT molecular complexity index is 1140. The molecule has 0 saturated heterocycles. The van der Waals surface area contributed by atoms with Gasteiger partial charge in [0.25, 0.3) is 0 Å². The Balaban J connectivity index is 1.52. The van der Waals surface area contributed by atoms with Crippen molar-refractivity contribution in [2.24, 2.45) is 0 Å². The van der Waals surface area contributed by atoms with E-state index in [1.165, 1.54) is 11.3 Å². The summed E-state index contributed by atoms with van der Waals surface area (Å²) in [7, 11) is 0. The fraction of sp³-hybridized carbons (Fsp3) is 0. The average molecular weight is 344 g/mol. The third-order valence-corrected chi connectivity index (χ3v) is 4.68. The van der Waals surface area contributed by atoms with Crippen LogP contribution in [0.1, 0.15) is 5.56 Å². The predicted molar refractivity (Wildman–Crippen MR) is 101 cm³/mol. The molecule has 0 saturated carbocycles. The zero-order valence-corrected chi connectivity index (χ0v) is 13.8. The van der Waals surface area contributed by atoms with E-state index in [2.05, 4.69) is 21.7 Å². The Hall–Kier alpha value is -3.43. The first-order chi connectivity index (χ1) is 12.2. The van der Waals surface area contributed by atoms with Crippen molar-refractivity contribution in [1.29, 1.82) is 5.26 Å². The van der Waals surface area contributed by atoms with E-state index >= 15 is 0 Å². The SMILES string of the molecule is N#Cc1ccc2nc(NC(=O)Nc3ccc4ccccc4c3)sc2c1. The molecule has 3 aromatic carbocycles. The lowest BCUT2D eigenvalue weighted by Crippen LogP contribution is -2.19. The Labute approximate surface area is 147 Å². The number of thiazole rings is 1. The molecule has 0 bridgehead atoms. The van der Waals surface area contributed by atoms with E-state index in [0.29, 0.717) is 16.4 Å². The van der Waals surface area contributed by atoms with Gasteiger partial charge in [0.2, 0.25) is 0 Å². The average Bonchev–Trinajstić information content (AvgIpc) is 3.02. The maximum atomic E-state index is 12.2. The molecular weight excluding hydrogens is 332 g/mol. The van der Waals surface area contributed by atoms with Crippen LogP contribution in [0.25, 0.3) is 21.0 Å². The Morgan fingerprint density at radius 1 is 1.00 bits per heavy atom. The van der Waals surface area contributed by atoms with Crippen LogP contribution in [0.5, 0.6) is 0 Å². The van der Waals surface area contributed by atoms with Crippen LogP contribution in [-0.4, -0.2) is 11.0 Å². The topological polar surface area (TPSA) is 77.8 Å². The Kier molecular flexibility index (Phi) is 3.77. The summed E-state index contributed by atoms with van der Waals surface area (Å²) < 4.78 is 0.861. The molecule has 1 aromatic heterocycles. The number of carbonyl (C=O) groups is 1. The van der Waals surface area contributed by atoms with Gasteiger partial charge in [0.1, 0.15) is 0 Å². The molecule has 1 heterocycles. The highest BCUT2D eigenvalue weighted by Crippen LogP contribution is 2.27. The molecule has 0 spiro atoms. The number of carbonyl (C=O) groups excluding carboxylic acids is 1. The lowest BCUT2D eigenvalue weighted by molar-refractivity contribution is 0.262. The second-order valence-electron chi connectivity index (χ2n) is 5.45. The monoisotopic (exact) mass is 344 g/mol. The van der Waals surface area contributed by atoms with Crippen molar-refractivity contribution in [3.05, 3.63) is 66.2 Å². The van der Waals surface area contributed by atoms with Gasteiger partial charge in [0.15, 0.2) is 5.13 Å². The van der Waals surface area contributed by atoms with Gasteiger partial charge in [-0.1, -0.05) is 41.7 Å². The van der Waals surface area contributed by atoms with E-state index in [9.17, 15) is 4.79 Å². The highest BCUT2D eigenvalue weighted by molar-refractivity contribution is 7.22. The molecule has 0 aliphatic carbocycles. The minimum Gasteiger partial charge on any atom is -0.308 e. The first-order valence-electron chi connectivity index (χ1n) is 7.59. The number of amides is 2. The van der Waals surface area contributed by atoms with Gasteiger partial charge in [-0.15, -0.1) is 0 Å². The zero-order chi connectivity index (χ0) is 17.2. The maximum absolute atomic E-state index is 12.2. The summed E-state index contributed by atoms with van der Waals surface area (Å²) in [5, 5.41) is 17.2. The van der Waals surface area contributed by atoms with Crippen LogP contribution in [0.2, 0.25) is 0 Å². The van der Waals surface area contributed by atoms with Gasteiger partial charge < -0.3 is 5.32 Å². The molecule has 0 aliphatic rings. The van der Waals surface area contributed by atoms with Gasteiger partial charge in [0, 0.05) is 5.69 Å². The summed E-state index contributed by atoms with van der Waals surface area (Å²) in [5.74, 6) is 0. The molecule has 25 heavy (non-hydrogen) atoms. The molecule has 0 unspecified atom stereocenters. The maximum Gasteiger partial charge on any atom is 0.325 e. The normalized spacial score (nSPS) is 10.5. The number of aromatic nitrogens is 1. The number of hydrogen-bond acceptors (Lipinski definition) is 4. The molecular formula is C19H12N4OS. The fourth-order valence-electron chi connectivity index (χ4n) is 2.57. The number of benzene rings is 3. The molecule has 0 atom stereocenters. The molecule has 6 heteroatoms. The lowest BCUT2D eigenvalue weighted by atomic mass is 10.1. The standard InChI is InChI=1S/C19H12N4OS/c20-11-12-5-8-16-17(9-12)25-19(22-16)23-18(24)21-15-7-6-13-3-1-2-4-14(13)10-15/h1-10H,(H2,21,22,23,24). The highest BCUT2D eigenvalue weighted by atomic mass is 32.1. The first kappa shape index (κ1) is 15.1. The van der Waals surface area contributed by atoms with Crippen molar-refractivity contribution in [2.45, 2.75) is 0 Å². The number of anilines is 2. The van der Waals surface area contributed by atoms with Crippen molar-refractivity contribution in [3.8, 4) is 6.07 Å². The number of nitrogens with one attached hydrogen (secondary N) is 2. The van der Waals surface area contributed by atoms with Gasteiger partial charge in [-0.05, 0) is 41.1 Å². The Morgan fingerprint density at radius 3 is 2.68 bits per heavy atom. The van der Waals surface area contributed by atoms with Gasteiger partial charge >= 0.3 is 6.03 Å². The van der Waals surface area contributed by atoms with E-state index in [4.69, 9.17) is 5.26 Å². The zero-order valence-electron chi connectivity index (χ0n) is 13.0. The fourth-order valence-corrected chi connectivity index (χ4v) is 3.47. The molecule has 5 nitrogen and oxygen atoms in total. The number of nitriles is 1. The van der Waals surface area contributed by atoms with Crippen molar-refractivity contribution in [2.75, 3.05) is 10.6 Å². The van der Waals surface area contributed by atoms with Gasteiger partial charge in [0.05, 0.1) is 21.8 Å². The van der Waals surface area contributed by atoms with Crippen molar-refractivity contribution >= 4 is 49.2 Å². The van der Waals surface area contributed by atoms with Crippen LogP contribution in [0, 0.1) is 11.3 Å². The smallest absolute Gasteiger partial charge is 0.308 e. The third-order valence-electron chi connectivity index (χ3n) is 3.75. The molecule has 2 N–H and O–H groups in total. The quantitative estimate of drug-likeness (QED) is 0.539. The summed E-state index contributed by atoms with van der Waals surface area (Å²) in [6, 6.07) is 20.7. The molecule has 0 aliphatic heterocycles. The largest absolute Gasteiger partial charge is 0.325 e. The lowest BCUT2D eigenvalue weighted by Gasteiger charge is -2.06. The van der Waals surface area contributed by atoms with E-state index in [1.54, 1.807) is 18.2 Å². The summed E-state index contributed by atoms with van der Waals surface area (Å²) in [6.07, 6.45) is 0. The molecule has 120 valence electrons. The summed E-state index contributed by atoms with van der Waals surface area (Å²) in [5.41, 5.74) is 2.04. The van der Waals surface area contributed by atoms with Crippen molar-refractivity contribution < 1.29 is 4.79 Å². The van der Waals surface area contributed by atoms with Gasteiger partial charge in [-0.2, -0.15) is 5.26 Å². The predicted octanol–water partition coefficient (Wildman–Crippen LogP) is 4.97. The summed E-state index contributed by atoms with van der Waals surface area (Å²) in [4.78, 5) is 16.6. The Morgan fingerprint density at radius 2 is 1.84 bits per heavy atom. The van der Waals surface area contributed by atoms with Crippen LogP contribution < -0.4 is 10.6 Å². The van der Waals surface area contributed by atoms with E-state index in [1.807, 2.05) is 42.5 Å². The van der Waals surface area contributed by atoms with Crippen LogP contribution in [0.4, 0.5) is 15.6 Å². The molecule has 4 rings (SSSR count). The van der Waals surface area contributed by atoms with Crippen LogP contribution in [0.15, 0.2) is 60.7 Å². The number of nitrogens with zero attached hydrogens (tertiary/aromatic N) is 2. The second-order valence-corrected chi connectivity index (χ2v) is 6.49. The van der Waals surface area contributed by atoms with Gasteiger partial charge in [-0.25, -0.2) is 9.78 Å². The highest BCUT2D eigenvalue weighted by Gasteiger charge is 2.09. The number of urea groups is 1. The number of fused-ring (bicyclic) bond motifs is 2. The minimum atomic E-state index is -0.352. The summed E-state index contributed by atoms with van der Waals surface area (Å²) in [6.45, 7) is 0. The van der Waals surface area contributed by atoms with E-state index in [-0.39, 0.29) is 6.03 Å². The number of rotatable bonds is 2. The van der Waals surface area contributed by atoms with Crippen LogP contribution >= 0.6 is 11.3 Å². The molecule has 0 fully saturated rings. The van der Waals surface area contributed by atoms with Gasteiger partial charge in [-0.3, -0.25) is 5.32 Å².